The van der Waals surface area contributed by atoms with Gasteiger partial charge in [0, 0.05) is 17.7 Å². The molecule has 0 bridgehead atoms. The summed E-state index contributed by atoms with van der Waals surface area (Å²) in [6, 6.07) is 18.2. The third-order valence-corrected chi connectivity index (χ3v) is 7.73. The number of para-hydroxylation sites is 2. The van der Waals surface area contributed by atoms with Gasteiger partial charge in [0.25, 0.3) is 0 Å². The Morgan fingerprint density at radius 3 is 1.97 bits per heavy atom. The molecule has 0 aromatic heterocycles. The number of Topliss-reactive ketones (excluding diaryl/α,β-unsaturated/α-hetero) is 1. The number of carbonyl (C=O) groups excluding carboxylic acids is 1. The van der Waals surface area contributed by atoms with Gasteiger partial charge in [0.15, 0.2) is 5.78 Å². The second kappa shape index (κ2) is 9.30. The fourth-order valence-electron chi connectivity index (χ4n) is 5.68. The minimum Gasteiger partial charge on any atom is -0.507 e. The van der Waals surface area contributed by atoms with E-state index in [0.717, 1.165) is 44.9 Å². The van der Waals surface area contributed by atoms with Crippen LogP contribution in [0, 0.1) is 5.82 Å². The summed E-state index contributed by atoms with van der Waals surface area (Å²) in [5.74, 6) is 0.0797. The molecule has 5 rings (SSSR count). The Hall–Kier alpha value is -3.60. The van der Waals surface area contributed by atoms with Gasteiger partial charge < -0.3 is 15.7 Å². The third-order valence-electron chi connectivity index (χ3n) is 7.73. The maximum atomic E-state index is 13.9. The van der Waals surface area contributed by atoms with Crippen LogP contribution >= 0.6 is 0 Å². The Balaban J connectivity index is 1.69. The van der Waals surface area contributed by atoms with E-state index >= 15 is 0 Å². The number of hydrogen-bond donors (Lipinski definition) is 3. The van der Waals surface area contributed by atoms with Crippen molar-refractivity contribution >= 4 is 17.2 Å². The molecule has 1 aliphatic carbocycles. The number of carbonyl (C=O) groups is 1. The second-order valence-corrected chi connectivity index (χ2v) is 12.7. The van der Waals surface area contributed by atoms with Gasteiger partial charge in [-0.25, -0.2) is 4.39 Å². The van der Waals surface area contributed by atoms with Crippen LogP contribution in [-0.4, -0.2) is 10.9 Å². The highest BCUT2D eigenvalue weighted by atomic mass is 19.1. The third kappa shape index (κ3) is 4.82. The summed E-state index contributed by atoms with van der Waals surface area (Å²) in [4.78, 5) is 13.9. The van der Waals surface area contributed by atoms with Gasteiger partial charge in [-0.2, -0.15) is 0 Å². The van der Waals surface area contributed by atoms with Crippen LogP contribution in [0.5, 0.6) is 5.75 Å². The van der Waals surface area contributed by atoms with Crippen LogP contribution in [0.2, 0.25) is 0 Å². The first-order valence-corrected chi connectivity index (χ1v) is 13.3. The SMILES string of the molecule is CC(C)(C)c1cc([C@@H]2Nc3ccccc3NC3=C2C(=O)C[C@H](c2ccc(F)cc2)C3)cc(C(C)(C)C)c1O. The zero-order valence-corrected chi connectivity index (χ0v) is 23.1. The molecule has 2 aliphatic rings. The monoisotopic (exact) mass is 512 g/mol. The van der Waals surface area contributed by atoms with Gasteiger partial charge in [0.1, 0.15) is 11.6 Å². The molecule has 2 atom stereocenters. The Labute approximate surface area is 225 Å². The van der Waals surface area contributed by atoms with E-state index in [1.54, 1.807) is 12.1 Å². The second-order valence-electron chi connectivity index (χ2n) is 12.7. The Kier molecular flexibility index (Phi) is 6.37. The molecule has 0 spiro atoms. The number of aromatic hydroxyl groups is 1. The number of fused-ring (bicyclic) bond motifs is 1. The lowest BCUT2D eigenvalue weighted by Crippen LogP contribution is -2.27. The van der Waals surface area contributed by atoms with Gasteiger partial charge in [0.2, 0.25) is 0 Å². The molecule has 1 aliphatic heterocycles. The molecule has 0 fully saturated rings. The maximum absolute atomic E-state index is 13.9. The average Bonchev–Trinajstić information content (AvgIpc) is 3.00. The molecule has 4 nitrogen and oxygen atoms in total. The van der Waals surface area contributed by atoms with Crippen LogP contribution in [0.1, 0.15) is 88.6 Å². The Morgan fingerprint density at radius 2 is 1.39 bits per heavy atom. The summed E-state index contributed by atoms with van der Waals surface area (Å²) >= 11 is 0. The first-order valence-electron chi connectivity index (χ1n) is 13.3. The quantitative estimate of drug-likeness (QED) is 0.325. The van der Waals surface area contributed by atoms with Crippen LogP contribution in [-0.2, 0) is 15.6 Å². The summed E-state index contributed by atoms with van der Waals surface area (Å²) in [5.41, 5.74) is 6.52. The number of rotatable bonds is 2. The maximum Gasteiger partial charge on any atom is 0.163 e. The molecule has 5 heteroatoms. The van der Waals surface area contributed by atoms with E-state index in [-0.39, 0.29) is 34.4 Å². The van der Waals surface area contributed by atoms with Gasteiger partial charge in [-0.05, 0) is 81.8 Å². The molecule has 0 radical (unpaired) electrons. The van der Waals surface area contributed by atoms with E-state index in [0.29, 0.717) is 18.6 Å². The molecular formula is C33H37FN2O2. The molecule has 0 saturated heterocycles. The number of hydrogen-bond acceptors (Lipinski definition) is 4. The molecule has 3 aromatic carbocycles. The summed E-state index contributed by atoms with van der Waals surface area (Å²) in [6.07, 6.45) is 1.01. The average molecular weight is 513 g/mol. The largest absolute Gasteiger partial charge is 0.507 e. The predicted octanol–water partition coefficient (Wildman–Crippen LogP) is 8.11. The Bertz CT molecular complexity index is 1390. The van der Waals surface area contributed by atoms with Crippen molar-refractivity contribution in [3.05, 3.63) is 100 Å². The smallest absolute Gasteiger partial charge is 0.163 e. The van der Waals surface area contributed by atoms with Gasteiger partial charge in [-0.15, -0.1) is 0 Å². The van der Waals surface area contributed by atoms with E-state index in [9.17, 15) is 14.3 Å². The summed E-state index contributed by atoms with van der Waals surface area (Å²) < 4.78 is 13.6. The van der Waals surface area contributed by atoms with Crippen molar-refractivity contribution in [1.29, 1.82) is 0 Å². The van der Waals surface area contributed by atoms with Crippen molar-refractivity contribution in [2.24, 2.45) is 0 Å². The number of phenolic OH excluding ortho intramolecular Hbond substituents is 1. The number of nitrogens with one attached hydrogen (secondary N) is 2. The van der Waals surface area contributed by atoms with Crippen LogP contribution in [0.25, 0.3) is 0 Å². The van der Waals surface area contributed by atoms with Crippen molar-refractivity contribution in [3.63, 3.8) is 0 Å². The molecule has 38 heavy (non-hydrogen) atoms. The lowest BCUT2D eigenvalue weighted by molar-refractivity contribution is -0.116. The van der Waals surface area contributed by atoms with Crippen molar-refractivity contribution in [1.82, 2.24) is 0 Å². The highest BCUT2D eigenvalue weighted by molar-refractivity contribution is 6.01. The molecule has 0 saturated carbocycles. The number of halogens is 1. The zero-order chi connectivity index (χ0) is 27.4. The van der Waals surface area contributed by atoms with E-state index in [4.69, 9.17) is 0 Å². The van der Waals surface area contributed by atoms with Gasteiger partial charge in [0.05, 0.1) is 17.4 Å². The zero-order valence-electron chi connectivity index (χ0n) is 23.1. The van der Waals surface area contributed by atoms with E-state index in [1.807, 2.05) is 24.3 Å². The standard InChI is InChI=1S/C33H37FN2O2/c1-32(2,3)23-15-21(16-24(31(23)38)33(4,5)6)30-29-27(35-25-9-7-8-10-26(25)36-30)17-20(18-28(29)37)19-11-13-22(34)14-12-19/h7-16,20,30,35-36,38H,17-18H2,1-6H3/t20-,30+/m1/s1. The molecule has 3 N–H and O–H groups in total. The molecule has 198 valence electrons. The predicted molar refractivity (Wildman–Crippen MR) is 152 cm³/mol. The van der Waals surface area contributed by atoms with Crippen LogP contribution in [0.15, 0.2) is 71.9 Å². The number of allylic oxidation sites excluding steroid dienone is 1. The lowest BCUT2D eigenvalue weighted by atomic mass is 9.75. The first kappa shape index (κ1) is 26.0. The molecule has 1 heterocycles. The molecule has 0 unspecified atom stereocenters. The van der Waals surface area contributed by atoms with Gasteiger partial charge >= 0.3 is 0 Å². The summed E-state index contributed by atoms with van der Waals surface area (Å²) in [5, 5.41) is 18.6. The van der Waals surface area contributed by atoms with E-state index in [2.05, 4.69) is 64.3 Å². The topological polar surface area (TPSA) is 61.4 Å². The van der Waals surface area contributed by atoms with Gasteiger partial charge in [-0.1, -0.05) is 65.8 Å². The molecule has 0 amide bonds. The van der Waals surface area contributed by atoms with Crippen molar-refractivity contribution in [3.8, 4) is 5.75 Å². The van der Waals surface area contributed by atoms with E-state index in [1.165, 1.54) is 12.1 Å². The molecular weight excluding hydrogens is 475 g/mol. The summed E-state index contributed by atoms with van der Waals surface area (Å²) in [7, 11) is 0. The number of anilines is 2. The van der Waals surface area contributed by atoms with Crippen molar-refractivity contribution in [2.45, 2.75) is 77.2 Å². The van der Waals surface area contributed by atoms with Gasteiger partial charge in [-0.3, -0.25) is 4.79 Å². The van der Waals surface area contributed by atoms with Crippen LogP contribution < -0.4 is 10.6 Å². The fourth-order valence-corrected chi connectivity index (χ4v) is 5.68. The van der Waals surface area contributed by atoms with Crippen molar-refractivity contribution < 1.29 is 14.3 Å². The summed E-state index contributed by atoms with van der Waals surface area (Å²) in [6.45, 7) is 12.6. The number of ketones is 1. The minimum absolute atomic E-state index is 0.0321. The number of phenols is 1. The first-order chi connectivity index (χ1) is 17.8. The minimum atomic E-state index is -0.384. The highest BCUT2D eigenvalue weighted by Gasteiger charge is 2.37. The number of benzene rings is 3. The molecule has 3 aromatic rings. The van der Waals surface area contributed by atoms with Crippen LogP contribution in [0.3, 0.4) is 0 Å². The van der Waals surface area contributed by atoms with E-state index < -0.39 is 0 Å². The Morgan fingerprint density at radius 1 is 0.816 bits per heavy atom. The highest BCUT2D eigenvalue weighted by Crippen LogP contribution is 2.47. The fraction of sp³-hybridized carbons (Fsp3) is 0.364. The van der Waals surface area contributed by atoms with Crippen LogP contribution in [0.4, 0.5) is 15.8 Å². The van der Waals surface area contributed by atoms with Crippen molar-refractivity contribution in [2.75, 3.05) is 10.6 Å². The normalized spacial score (nSPS) is 19.7. The lowest BCUT2D eigenvalue weighted by Gasteiger charge is -2.33.